The minimum Gasteiger partial charge on any atom is -0.396 e. The Morgan fingerprint density at radius 2 is 1.00 bits per heavy atom. The third kappa shape index (κ3) is 17.5. The van der Waals surface area contributed by atoms with Crippen LogP contribution in [0.4, 0.5) is 43.9 Å². The van der Waals surface area contributed by atoms with Gasteiger partial charge in [-0.15, -0.1) is 0 Å². The summed E-state index contributed by atoms with van der Waals surface area (Å²) < 4.78 is 144. The van der Waals surface area contributed by atoms with Crippen molar-refractivity contribution in [3.05, 3.63) is 0 Å². The van der Waals surface area contributed by atoms with E-state index in [0.717, 1.165) is 0 Å². The first kappa shape index (κ1) is 35.1. The van der Waals surface area contributed by atoms with Crippen molar-refractivity contribution in [3.8, 4) is 0 Å². The smallest absolute Gasteiger partial charge is 0.396 e. The number of aliphatic hydroxyl groups is 2. The van der Waals surface area contributed by atoms with Gasteiger partial charge in [0.2, 0.25) is 0 Å². The highest BCUT2D eigenvalue weighted by atomic mass is 19.4. The Morgan fingerprint density at radius 1 is 0.583 bits per heavy atom. The molecule has 0 fully saturated rings. The molecular weight excluding hydrogens is 526 g/mol. The maximum absolute atomic E-state index is 13.1. The standard InChI is InChI=1S/C20H32F10O6/c21-17(22,13-19(25,26)27)14-36-12-16(8-32)10-34-5-2-1-4-33-9-15(7-31)11-35-6-3-18(23,24)20(28,29)30/h15-16,31-32H,1-14H2. The molecule has 0 spiro atoms. The van der Waals surface area contributed by atoms with E-state index in [0.29, 0.717) is 12.8 Å². The second kappa shape index (κ2) is 16.8. The van der Waals surface area contributed by atoms with Gasteiger partial charge in [0.1, 0.15) is 13.0 Å². The van der Waals surface area contributed by atoms with Crippen molar-refractivity contribution in [1.29, 1.82) is 0 Å². The third-order valence-electron chi connectivity index (χ3n) is 4.51. The van der Waals surface area contributed by atoms with Crippen LogP contribution in [0, 0.1) is 11.8 Å². The second-order valence-electron chi connectivity index (χ2n) is 8.14. The average Bonchev–Trinajstić information content (AvgIpc) is 2.72. The minimum absolute atomic E-state index is 0.0318. The van der Waals surface area contributed by atoms with Crippen LogP contribution in [0.3, 0.4) is 0 Å². The minimum atomic E-state index is -5.66. The van der Waals surface area contributed by atoms with E-state index in [1.807, 2.05) is 0 Å². The van der Waals surface area contributed by atoms with Crippen LogP contribution in [0.1, 0.15) is 25.7 Å². The fourth-order valence-corrected chi connectivity index (χ4v) is 2.53. The lowest BCUT2D eigenvalue weighted by atomic mass is 10.2. The van der Waals surface area contributed by atoms with E-state index < -0.39 is 81.9 Å². The van der Waals surface area contributed by atoms with E-state index in [4.69, 9.17) is 14.2 Å². The summed E-state index contributed by atoms with van der Waals surface area (Å²) in [5, 5.41) is 18.4. The highest BCUT2D eigenvalue weighted by molar-refractivity contribution is 4.75. The van der Waals surface area contributed by atoms with Gasteiger partial charge in [-0.1, -0.05) is 0 Å². The Bertz CT molecular complexity index is 560. The third-order valence-corrected chi connectivity index (χ3v) is 4.51. The van der Waals surface area contributed by atoms with Gasteiger partial charge in [0.05, 0.1) is 46.2 Å². The number of alkyl halides is 10. The van der Waals surface area contributed by atoms with Crippen LogP contribution < -0.4 is 0 Å². The maximum Gasteiger partial charge on any atom is 0.453 e. The first-order valence-corrected chi connectivity index (χ1v) is 10.9. The van der Waals surface area contributed by atoms with Crippen LogP contribution in [-0.4, -0.2) is 100 Å². The summed E-state index contributed by atoms with van der Waals surface area (Å²) in [5.74, 6) is -10.3. The van der Waals surface area contributed by atoms with Crippen molar-refractivity contribution in [3.63, 3.8) is 0 Å². The predicted molar refractivity (Wildman–Crippen MR) is 105 cm³/mol. The Hall–Kier alpha value is -0.940. The predicted octanol–water partition coefficient (Wildman–Crippen LogP) is 4.23. The fraction of sp³-hybridized carbons (Fsp3) is 1.00. The van der Waals surface area contributed by atoms with Crippen LogP contribution in [0.2, 0.25) is 0 Å². The van der Waals surface area contributed by atoms with E-state index in [2.05, 4.69) is 4.74 Å². The summed E-state index contributed by atoms with van der Waals surface area (Å²) in [6.45, 7) is -3.66. The van der Waals surface area contributed by atoms with Crippen LogP contribution in [0.5, 0.6) is 0 Å². The summed E-state index contributed by atoms with van der Waals surface area (Å²) in [6.07, 6.45) is -13.6. The summed E-state index contributed by atoms with van der Waals surface area (Å²) >= 11 is 0. The quantitative estimate of drug-likeness (QED) is 0.162. The largest absolute Gasteiger partial charge is 0.453 e. The Kier molecular flexibility index (Phi) is 16.4. The fourth-order valence-electron chi connectivity index (χ4n) is 2.53. The van der Waals surface area contributed by atoms with Crippen molar-refractivity contribution in [2.75, 3.05) is 66.1 Å². The molecule has 0 aliphatic carbocycles. The van der Waals surface area contributed by atoms with Crippen LogP contribution >= 0.6 is 0 Å². The summed E-state index contributed by atoms with van der Waals surface area (Å²) in [4.78, 5) is 0. The van der Waals surface area contributed by atoms with Gasteiger partial charge >= 0.3 is 18.3 Å². The Balaban J connectivity index is 3.86. The zero-order valence-corrected chi connectivity index (χ0v) is 19.4. The van der Waals surface area contributed by atoms with Crippen molar-refractivity contribution in [1.82, 2.24) is 0 Å². The molecule has 0 rings (SSSR count). The average molecular weight is 558 g/mol. The number of rotatable bonds is 21. The molecule has 2 unspecified atom stereocenters. The van der Waals surface area contributed by atoms with Gasteiger partial charge in [-0.25, -0.2) is 8.78 Å². The number of halogens is 10. The van der Waals surface area contributed by atoms with Gasteiger partial charge in [-0.3, -0.25) is 0 Å². The number of hydrogen-bond donors (Lipinski definition) is 2. The maximum atomic E-state index is 13.1. The SMILES string of the molecule is OCC(COCCCCOCC(CO)COCC(F)(F)CC(F)(F)F)COCCC(F)(F)C(F)(F)F. The Morgan fingerprint density at radius 3 is 1.39 bits per heavy atom. The molecule has 16 heteroatoms. The molecule has 0 aromatic carbocycles. The molecule has 6 nitrogen and oxygen atoms in total. The van der Waals surface area contributed by atoms with Gasteiger partial charge in [0.25, 0.3) is 5.92 Å². The van der Waals surface area contributed by atoms with Crippen LogP contribution in [0.15, 0.2) is 0 Å². The molecule has 0 aromatic rings. The topological polar surface area (TPSA) is 77.4 Å². The Labute approximate surface area is 201 Å². The van der Waals surface area contributed by atoms with Crippen molar-refractivity contribution in [2.24, 2.45) is 11.8 Å². The number of unbranched alkanes of at least 4 members (excludes halogenated alkanes) is 1. The number of ether oxygens (including phenoxy) is 4. The zero-order chi connectivity index (χ0) is 27.9. The van der Waals surface area contributed by atoms with E-state index in [-0.39, 0.29) is 33.0 Å². The first-order valence-electron chi connectivity index (χ1n) is 10.9. The molecule has 2 atom stereocenters. The molecule has 0 saturated heterocycles. The molecule has 0 radical (unpaired) electrons. The van der Waals surface area contributed by atoms with Gasteiger partial charge in [0, 0.05) is 31.5 Å². The number of hydrogen-bond acceptors (Lipinski definition) is 6. The summed E-state index contributed by atoms with van der Waals surface area (Å²) in [5.41, 5.74) is 0. The van der Waals surface area contributed by atoms with Gasteiger partial charge in [-0.2, -0.15) is 35.1 Å². The summed E-state index contributed by atoms with van der Waals surface area (Å²) in [6, 6.07) is 0. The lowest BCUT2D eigenvalue weighted by Gasteiger charge is -2.20. The van der Waals surface area contributed by atoms with Gasteiger partial charge in [0.15, 0.2) is 0 Å². The summed E-state index contributed by atoms with van der Waals surface area (Å²) in [7, 11) is 0. The molecule has 0 amide bonds. The van der Waals surface area contributed by atoms with Gasteiger partial charge in [-0.05, 0) is 12.8 Å². The normalized spacial score (nSPS) is 15.3. The molecule has 0 aliphatic heterocycles. The molecule has 0 bridgehead atoms. The highest BCUT2D eigenvalue weighted by Gasteiger charge is 2.56. The van der Waals surface area contributed by atoms with E-state index in [9.17, 15) is 54.1 Å². The molecular formula is C20H32F10O6. The molecule has 218 valence electrons. The highest BCUT2D eigenvalue weighted by Crippen LogP contribution is 2.38. The molecule has 0 heterocycles. The lowest BCUT2D eigenvalue weighted by molar-refractivity contribution is -0.287. The zero-order valence-electron chi connectivity index (χ0n) is 19.4. The van der Waals surface area contributed by atoms with E-state index >= 15 is 0 Å². The molecule has 0 aromatic heterocycles. The number of aliphatic hydroxyl groups excluding tert-OH is 2. The van der Waals surface area contributed by atoms with Crippen LogP contribution in [0.25, 0.3) is 0 Å². The van der Waals surface area contributed by atoms with E-state index in [1.165, 1.54) is 0 Å². The second-order valence-corrected chi connectivity index (χ2v) is 8.14. The molecule has 2 N–H and O–H groups in total. The van der Waals surface area contributed by atoms with Crippen LogP contribution in [-0.2, 0) is 18.9 Å². The van der Waals surface area contributed by atoms with E-state index in [1.54, 1.807) is 0 Å². The van der Waals surface area contributed by atoms with Gasteiger partial charge < -0.3 is 29.2 Å². The van der Waals surface area contributed by atoms with Crippen molar-refractivity contribution >= 4 is 0 Å². The lowest BCUT2D eigenvalue weighted by Crippen LogP contribution is -2.37. The monoisotopic (exact) mass is 558 g/mol. The first-order chi connectivity index (χ1) is 16.5. The molecule has 0 aliphatic rings. The van der Waals surface area contributed by atoms with Crippen molar-refractivity contribution in [2.45, 2.75) is 49.9 Å². The molecule has 36 heavy (non-hydrogen) atoms. The van der Waals surface area contributed by atoms with Crippen molar-refractivity contribution < 1.29 is 73.1 Å². The molecule has 0 saturated carbocycles.